The SMILES string of the molecule is Cc1cc(-c2ccccc2)nc2cc(C3=NC(C4CC(O)C4)=C4C=NC=C[N+]34N)c(F)cc12. The van der Waals surface area contributed by atoms with Crippen LogP contribution in [0.4, 0.5) is 4.39 Å². The highest BCUT2D eigenvalue weighted by molar-refractivity contribution is 6.03. The number of nitrogens with two attached hydrogens (primary N) is 1. The number of aryl methyl sites for hydroxylation is 1. The molecule has 6 rings (SSSR count). The quantitative estimate of drug-likeness (QED) is 0.469. The first-order valence-electron chi connectivity index (χ1n) is 11.0. The molecule has 0 saturated heterocycles. The Kier molecular flexibility index (Phi) is 4.42. The van der Waals surface area contributed by atoms with Crippen LogP contribution in [-0.4, -0.2) is 32.8 Å². The zero-order valence-corrected chi connectivity index (χ0v) is 18.1. The molecule has 2 aromatic carbocycles. The average Bonchev–Trinajstić information content (AvgIpc) is 3.10. The molecule has 3 aliphatic rings. The van der Waals surface area contributed by atoms with Crippen LogP contribution in [0.2, 0.25) is 0 Å². The van der Waals surface area contributed by atoms with Crippen LogP contribution in [0.5, 0.6) is 0 Å². The molecule has 1 aromatic heterocycles. The second kappa shape index (κ2) is 7.25. The monoisotopic (exact) mass is 440 g/mol. The first kappa shape index (κ1) is 20.1. The van der Waals surface area contributed by atoms with Gasteiger partial charge in [-0.3, -0.25) is 4.99 Å². The van der Waals surface area contributed by atoms with Crippen LogP contribution >= 0.6 is 0 Å². The Labute approximate surface area is 190 Å². The van der Waals surface area contributed by atoms with E-state index in [0.717, 1.165) is 27.9 Å². The number of amidine groups is 1. The maximum Gasteiger partial charge on any atom is 0.267 e. The van der Waals surface area contributed by atoms with Crippen molar-refractivity contribution in [1.82, 2.24) is 4.98 Å². The third-order valence-electron chi connectivity index (χ3n) is 6.74. The normalized spacial score (nSPS) is 25.9. The maximum absolute atomic E-state index is 15.5. The van der Waals surface area contributed by atoms with Crippen LogP contribution < -0.4 is 5.84 Å². The largest absolute Gasteiger partial charge is 0.393 e. The van der Waals surface area contributed by atoms with Crippen LogP contribution in [0.1, 0.15) is 24.0 Å². The molecule has 1 aliphatic carbocycles. The molecule has 1 saturated carbocycles. The van der Waals surface area contributed by atoms with Crippen molar-refractivity contribution < 1.29 is 14.1 Å². The molecular formula is C26H23FN5O+. The highest BCUT2D eigenvalue weighted by Crippen LogP contribution is 2.42. The third kappa shape index (κ3) is 3.08. The topological polar surface area (TPSA) is 83.9 Å². The van der Waals surface area contributed by atoms with Crippen molar-refractivity contribution in [2.75, 3.05) is 0 Å². The molecule has 1 unspecified atom stereocenters. The fourth-order valence-electron chi connectivity index (χ4n) is 4.84. The van der Waals surface area contributed by atoms with Crippen molar-refractivity contribution >= 4 is 23.0 Å². The molecular weight excluding hydrogens is 417 g/mol. The predicted octanol–water partition coefficient (Wildman–Crippen LogP) is 4.34. The number of halogens is 1. The van der Waals surface area contributed by atoms with Crippen LogP contribution in [0, 0.1) is 18.7 Å². The molecule has 0 bridgehead atoms. The van der Waals surface area contributed by atoms with Crippen molar-refractivity contribution in [3.05, 3.63) is 89.3 Å². The zero-order valence-electron chi connectivity index (χ0n) is 18.1. The van der Waals surface area contributed by atoms with E-state index in [1.165, 1.54) is 6.07 Å². The number of allylic oxidation sites excluding steroid dienone is 2. The third-order valence-corrected chi connectivity index (χ3v) is 6.74. The van der Waals surface area contributed by atoms with Gasteiger partial charge in [0.1, 0.15) is 17.7 Å². The molecule has 2 aliphatic heterocycles. The fraction of sp³-hybridized carbons (Fsp3) is 0.192. The molecule has 1 fully saturated rings. The number of aliphatic imine (C=N–C) groups is 2. The minimum Gasteiger partial charge on any atom is -0.393 e. The van der Waals surface area contributed by atoms with E-state index in [2.05, 4.69) is 4.99 Å². The summed E-state index contributed by atoms with van der Waals surface area (Å²) in [5.41, 5.74) is 5.26. The van der Waals surface area contributed by atoms with Gasteiger partial charge >= 0.3 is 0 Å². The van der Waals surface area contributed by atoms with E-state index in [-0.39, 0.29) is 16.6 Å². The minimum absolute atomic E-state index is 0.0834. The van der Waals surface area contributed by atoms with E-state index < -0.39 is 5.82 Å². The van der Waals surface area contributed by atoms with Crippen molar-refractivity contribution in [1.29, 1.82) is 0 Å². The number of pyridine rings is 1. The predicted molar refractivity (Wildman–Crippen MR) is 126 cm³/mol. The molecule has 1 atom stereocenters. The fourth-order valence-corrected chi connectivity index (χ4v) is 4.84. The summed E-state index contributed by atoms with van der Waals surface area (Å²) in [5.74, 6) is 6.85. The second-order valence-corrected chi connectivity index (χ2v) is 8.92. The Morgan fingerprint density at radius 3 is 2.67 bits per heavy atom. The molecule has 0 spiro atoms. The Balaban J connectivity index is 1.51. The molecule has 33 heavy (non-hydrogen) atoms. The van der Waals surface area contributed by atoms with Gasteiger partial charge in [0.05, 0.1) is 35.3 Å². The van der Waals surface area contributed by atoms with Gasteiger partial charge in [-0.05, 0) is 43.5 Å². The van der Waals surface area contributed by atoms with Gasteiger partial charge in [0.2, 0.25) is 5.70 Å². The number of aromatic nitrogens is 1. The van der Waals surface area contributed by atoms with E-state index >= 15 is 4.39 Å². The van der Waals surface area contributed by atoms with Gasteiger partial charge in [0.15, 0.2) is 0 Å². The molecule has 0 radical (unpaired) electrons. The molecule has 6 nitrogen and oxygen atoms in total. The lowest BCUT2D eigenvalue weighted by atomic mass is 9.79. The summed E-state index contributed by atoms with van der Waals surface area (Å²) >= 11 is 0. The summed E-state index contributed by atoms with van der Waals surface area (Å²) in [4.78, 5) is 13.9. The standard InChI is InChI=1S/C26H23FN5O/c1-15-9-22(16-5-3-2-4-6-16)30-23-13-20(21(27)12-19(15)23)26-31-25(17-10-18(33)11-17)24-14-29-7-8-32(24,26)28/h2-9,12-14,17-18,33H,10-11,28H2,1H3/q+1. The highest BCUT2D eigenvalue weighted by atomic mass is 19.1. The van der Waals surface area contributed by atoms with Crippen LogP contribution in [0.3, 0.4) is 0 Å². The van der Waals surface area contributed by atoms with E-state index in [4.69, 9.17) is 15.8 Å². The lowest BCUT2D eigenvalue weighted by molar-refractivity contribution is -0.750. The summed E-state index contributed by atoms with van der Waals surface area (Å²) in [5, 5.41) is 10.6. The lowest BCUT2D eigenvalue weighted by Gasteiger charge is -2.31. The first-order chi connectivity index (χ1) is 15.9. The van der Waals surface area contributed by atoms with Crippen LogP contribution in [0.15, 0.2) is 82.3 Å². The van der Waals surface area contributed by atoms with Gasteiger partial charge in [-0.15, -0.1) is 4.59 Å². The number of hydrogen-bond donors (Lipinski definition) is 2. The number of quaternary nitrogens is 1. The Morgan fingerprint density at radius 2 is 1.91 bits per heavy atom. The van der Waals surface area contributed by atoms with Gasteiger partial charge in [0, 0.05) is 16.9 Å². The molecule has 0 amide bonds. The van der Waals surface area contributed by atoms with Gasteiger partial charge < -0.3 is 5.11 Å². The summed E-state index contributed by atoms with van der Waals surface area (Å²) in [7, 11) is 0. The van der Waals surface area contributed by atoms with E-state index in [0.29, 0.717) is 35.5 Å². The Morgan fingerprint density at radius 1 is 1.12 bits per heavy atom. The number of rotatable bonds is 3. The lowest BCUT2D eigenvalue weighted by Crippen LogP contribution is -2.53. The van der Waals surface area contributed by atoms with Gasteiger partial charge in [-0.2, -0.15) is 10.8 Å². The highest BCUT2D eigenvalue weighted by Gasteiger charge is 2.48. The number of nitrogens with zero attached hydrogens (tertiary/aromatic N) is 4. The number of aliphatic hydroxyl groups excluding tert-OH is 1. The Bertz CT molecular complexity index is 1420. The number of fused-ring (bicyclic) bond motifs is 2. The minimum atomic E-state index is -0.397. The van der Waals surface area contributed by atoms with Crippen molar-refractivity contribution in [2.45, 2.75) is 25.9 Å². The smallest absolute Gasteiger partial charge is 0.267 e. The van der Waals surface area contributed by atoms with E-state index in [1.54, 1.807) is 24.7 Å². The van der Waals surface area contributed by atoms with Crippen LogP contribution in [-0.2, 0) is 0 Å². The van der Waals surface area contributed by atoms with Gasteiger partial charge in [-0.1, -0.05) is 30.3 Å². The summed E-state index contributed by atoms with van der Waals surface area (Å²) in [6.45, 7) is 1.96. The Hall–Kier alpha value is -3.52. The molecule has 3 N–H and O–H groups in total. The van der Waals surface area contributed by atoms with Gasteiger partial charge in [0.25, 0.3) is 5.84 Å². The van der Waals surface area contributed by atoms with Gasteiger partial charge in [-0.25, -0.2) is 9.37 Å². The average molecular weight is 441 g/mol. The van der Waals surface area contributed by atoms with Crippen molar-refractivity contribution in [3.63, 3.8) is 0 Å². The van der Waals surface area contributed by atoms with E-state index in [9.17, 15) is 5.11 Å². The first-order valence-corrected chi connectivity index (χ1v) is 11.0. The number of hydrogen-bond acceptors (Lipinski definition) is 5. The van der Waals surface area contributed by atoms with Crippen molar-refractivity contribution in [3.8, 4) is 11.3 Å². The maximum atomic E-state index is 15.5. The zero-order chi connectivity index (χ0) is 22.7. The number of benzene rings is 2. The second-order valence-electron chi connectivity index (χ2n) is 8.92. The molecule has 3 aromatic rings. The summed E-state index contributed by atoms with van der Waals surface area (Å²) in [6.07, 6.45) is 5.90. The molecule has 7 heteroatoms. The van der Waals surface area contributed by atoms with E-state index in [1.807, 2.05) is 43.3 Å². The number of aliphatic hydroxyl groups is 1. The molecule has 164 valence electrons. The van der Waals surface area contributed by atoms with Crippen LogP contribution in [0.25, 0.3) is 22.2 Å². The summed E-state index contributed by atoms with van der Waals surface area (Å²) in [6, 6.07) is 15.2. The molecule has 3 heterocycles. The van der Waals surface area contributed by atoms with Crippen molar-refractivity contribution in [2.24, 2.45) is 21.7 Å². The summed E-state index contributed by atoms with van der Waals surface area (Å²) < 4.78 is 15.3.